The zero-order valence-electron chi connectivity index (χ0n) is 18.8. The second kappa shape index (κ2) is 9.41. The molecule has 2 nitrogen and oxygen atoms in total. The van der Waals surface area contributed by atoms with Crippen molar-refractivity contribution in [3.05, 3.63) is 47.1 Å². The van der Waals surface area contributed by atoms with Crippen LogP contribution in [0.1, 0.15) is 108 Å². The van der Waals surface area contributed by atoms with Crippen LogP contribution in [0, 0.1) is 5.92 Å². The number of aromatic hydroxyl groups is 2. The van der Waals surface area contributed by atoms with Gasteiger partial charge < -0.3 is 10.2 Å². The number of hydrogen-bond acceptors (Lipinski definition) is 2. The molecule has 2 aliphatic rings. The molecule has 1 saturated carbocycles. The molecule has 2 N–H and O–H groups in total. The smallest absolute Gasteiger partial charge is 0.123 e. The number of benzene rings is 1. The standard InChI is InChI=1S/C27H40O2/c1-5-6-7-8-13-27(14-9-10-15-27)21-17-24(28)26(25(29)18-21)23-16-20(4)11-12-22(23)19(2)3/h16-18,22-23,28-29H,2,5-15H2,1,3-4H3/t22-,23+/m0/s1. The third kappa shape index (κ3) is 4.73. The van der Waals surface area contributed by atoms with Crippen LogP contribution >= 0.6 is 0 Å². The Morgan fingerprint density at radius 2 is 1.76 bits per heavy atom. The van der Waals surface area contributed by atoms with Crippen molar-refractivity contribution in [1.82, 2.24) is 0 Å². The van der Waals surface area contributed by atoms with Crippen molar-refractivity contribution in [2.24, 2.45) is 5.92 Å². The van der Waals surface area contributed by atoms with E-state index in [0.29, 0.717) is 5.56 Å². The van der Waals surface area contributed by atoms with Crippen LogP contribution in [0.25, 0.3) is 0 Å². The molecule has 3 rings (SSSR count). The number of phenolic OH excluding ortho intramolecular Hbond substituents is 2. The normalized spacial score (nSPS) is 23.8. The van der Waals surface area contributed by atoms with Gasteiger partial charge in [0, 0.05) is 11.5 Å². The highest BCUT2D eigenvalue weighted by Crippen LogP contribution is 2.51. The van der Waals surface area contributed by atoms with E-state index in [-0.39, 0.29) is 28.7 Å². The molecule has 2 atom stereocenters. The Hall–Kier alpha value is -1.70. The lowest BCUT2D eigenvalue weighted by Crippen LogP contribution is -2.23. The van der Waals surface area contributed by atoms with Crippen LogP contribution in [-0.4, -0.2) is 10.2 Å². The second-order valence-electron chi connectivity index (χ2n) is 9.76. The van der Waals surface area contributed by atoms with Crippen LogP contribution in [0.15, 0.2) is 35.9 Å². The van der Waals surface area contributed by atoms with Crippen molar-refractivity contribution in [3.8, 4) is 11.5 Å². The molecule has 0 spiro atoms. The van der Waals surface area contributed by atoms with Crippen LogP contribution in [0.3, 0.4) is 0 Å². The lowest BCUT2D eigenvalue weighted by molar-refractivity contribution is 0.371. The van der Waals surface area contributed by atoms with Gasteiger partial charge in [0.2, 0.25) is 0 Å². The Labute approximate surface area is 177 Å². The van der Waals surface area contributed by atoms with Crippen LogP contribution in [0.5, 0.6) is 11.5 Å². The van der Waals surface area contributed by atoms with Gasteiger partial charge in [-0.25, -0.2) is 0 Å². The first kappa shape index (κ1) is 22.0. The van der Waals surface area contributed by atoms with Gasteiger partial charge >= 0.3 is 0 Å². The summed E-state index contributed by atoms with van der Waals surface area (Å²) in [6, 6.07) is 3.96. The van der Waals surface area contributed by atoms with Crippen molar-refractivity contribution in [2.45, 2.75) is 103 Å². The van der Waals surface area contributed by atoms with Crippen molar-refractivity contribution in [2.75, 3.05) is 0 Å². The predicted molar refractivity (Wildman–Crippen MR) is 123 cm³/mol. The summed E-state index contributed by atoms with van der Waals surface area (Å²) in [5.41, 5.74) is 4.43. The number of rotatable bonds is 8. The summed E-state index contributed by atoms with van der Waals surface area (Å²) in [6.07, 6.45) is 15.4. The number of phenols is 2. The molecular formula is C27H40O2. The van der Waals surface area contributed by atoms with Gasteiger partial charge in [0.15, 0.2) is 0 Å². The lowest BCUT2D eigenvalue weighted by atomic mass is 9.71. The van der Waals surface area contributed by atoms with Crippen LogP contribution in [0.4, 0.5) is 0 Å². The van der Waals surface area contributed by atoms with E-state index in [1.165, 1.54) is 63.4 Å². The Kier molecular flexibility index (Phi) is 7.14. The van der Waals surface area contributed by atoms with Gasteiger partial charge in [-0.05, 0) is 75.0 Å². The summed E-state index contributed by atoms with van der Waals surface area (Å²) in [4.78, 5) is 0. The summed E-state index contributed by atoms with van der Waals surface area (Å²) in [7, 11) is 0. The average Bonchev–Trinajstić information content (AvgIpc) is 3.15. The fourth-order valence-corrected chi connectivity index (χ4v) is 5.80. The fraction of sp³-hybridized carbons (Fsp3) is 0.630. The first-order valence-corrected chi connectivity index (χ1v) is 11.8. The van der Waals surface area contributed by atoms with Gasteiger partial charge in [0.05, 0.1) is 0 Å². The van der Waals surface area contributed by atoms with Gasteiger partial charge in [-0.2, -0.15) is 0 Å². The van der Waals surface area contributed by atoms with E-state index < -0.39 is 0 Å². The molecule has 0 saturated heterocycles. The van der Waals surface area contributed by atoms with Crippen molar-refractivity contribution >= 4 is 0 Å². The second-order valence-corrected chi connectivity index (χ2v) is 9.76. The van der Waals surface area contributed by atoms with Gasteiger partial charge in [-0.15, -0.1) is 0 Å². The minimum atomic E-state index is 0.0133. The minimum Gasteiger partial charge on any atom is -0.507 e. The maximum absolute atomic E-state index is 11.1. The Morgan fingerprint density at radius 3 is 2.34 bits per heavy atom. The monoisotopic (exact) mass is 396 g/mol. The van der Waals surface area contributed by atoms with Gasteiger partial charge in [-0.1, -0.05) is 69.2 Å². The first-order chi connectivity index (χ1) is 13.9. The predicted octanol–water partition coefficient (Wildman–Crippen LogP) is 7.90. The summed E-state index contributed by atoms with van der Waals surface area (Å²) < 4.78 is 0. The Bertz CT molecular complexity index is 729. The zero-order valence-corrected chi connectivity index (χ0v) is 18.8. The van der Waals surface area contributed by atoms with Crippen molar-refractivity contribution in [1.29, 1.82) is 0 Å². The molecule has 0 radical (unpaired) electrons. The zero-order chi connectivity index (χ0) is 21.0. The molecule has 0 unspecified atom stereocenters. The van der Waals surface area contributed by atoms with E-state index in [4.69, 9.17) is 0 Å². The Balaban J connectivity index is 1.94. The SMILES string of the molecule is C=C(C)[C@@H]1CCC(C)=C[C@H]1c1c(O)cc(C2(CCCCCC)CCCC2)cc1O. The highest BCUT2D eigenvalue weighted by Gasteiger charge is 2.37. The third-order valence-corrected chi connectivity index (χ3v) is 7.53. The molecule has 1 aromatic rings. The van der Waals surface area contributed by atoms with Crippen LogP contribution < -0.4 is 0 Å². The molecule has 1 aromatic carbocycles. The minimum absolute atomic E-state index is 0.0133. The molecule has 2 heteroatoms. The maximum atomic E-state index is 11.1. The van der Waals surface area contributed by atoms with E-state index in [1.54, 1.807) is 0 Å². The molecule has 0 aromatic heterocycles. The molecule has 0 amide bonds. The quantitative estimate of drug-likeness (QED) is 0.346. The highest BCUT2D eigenvalue weighted by atomic mass is 16.3. The van der Waals surface area contributed by atoms with Crippen molar-refractivity contribution < 1.29 is 10.2 Å². The van der Waals surface area contributed by atoms with Gasteiger partial charge in [0.1, 0.15) is 11.5 Å². The number of unbranched alkanes of at least 4 members (excludes halogenated alkanes) is 3. The van der Waals surface area contributed by atoms with E-state index in [9.17, 15) is 10.2 Å². The topological polar surface area (TPSA) is 40.5 Å². The molecule has 0 heterocycles. The summed E-state index contributed by atoms with van der Waals surface area (Å²) >= 11 is 0. The van der Waals surface area contributed by atoms with Crippen LogP contribution in [-0.2, 0) is 5.41 Å². The van der Waals surface area contributed by atoms with Crippen LogP contribution in [0.2, 0.25) is 0 Å². The summed E-state index contributed by atoms with van der Waals surface area (Å²) in [5, 5.41) is 22.2. The van der Waals surface area contributed by atoms with Gasteiger partial charge in [0.25, 0.3) is 0 Å². The Morgan fingerprint density at radius 1 is 1.10 bits per heavy atom. The molecule has 1 fully saturated rings. The molecule has 0 bridgehead atoms. The number of hydrogen-bond donors (Lipinski definition) is 2. The summed E-state index contributed by atoms with van der Waals surface area (Å²) in [5.74, 6) is 0.819. The highest BCUT2D eigenvalue weighted by molar-refractivity contribution is 5.53. The first-order valence-electron chi connectivity index (χ1n) is 11.8. The van der Waals surface area contributed by atoms with E-state index >= 15 is 0 Å². The largest absolute Gasteiger partial charge is 0.507 e. The van der Waals surface area contributed by atoms with Crippen molar-refractivity contribution in [3.63, 3.8) is 0 Å². The lowest BCUT2D eigenvalue weighted by Gasteiger charge is -2.34. The molecule has 0 aliphatic heterocycles. The summed E-state index contributed by atoms with van der Waals surface area (Å²) in [6.45, 7) is 10.7. The fourth-order valence-electron chi connectivity index (χ4n) is 5.80. The van der Waals surface area contributed by atoms with E-state index in [2.05, 4.69) is 33.4 Å². The molecular weight excluding hydrogens is 356 g/mol. The maximum Gasteiger partial charge on any atom is 0.123 e. The van der Waals surface area contributed by atoms with E-state index in [1.807, 2.05) is 12.1 Å². The third-order valence-electron chi connectivity index (χ3n) is 7.53. The number of allylic oxidation sites excluding steroid dienone is 3. The average molecular weight is 397 g/mol. The van der Waals surface area contributed by atoms with Gasteiger partial charge in [-0.3, -0.25) is 0 Å². The van der Waals surface area contributed by atoms with E-state index in [0.717, 1.165) is 24.0 Å². The molecule has 160 valence electrons. The molecule has 2 aliphatic carbocycles. The molecule has 29 heavy (non-hydrogen) atoms.